The van der Waals surface area contributed by atoms with Gasteiger partial charge in [-0.2, -0.15) is 0 Å². The molecule has 13 heteroatoms. The molecule has 0 aliphatic rings. The van der Waals surface area contributed by atoms with Crippen LogP contribution in [0.3, 0.4) is 0 Å². The van der Waals surface area contributed by atoms with Crippen LogP contribution in [-0.4, -0.2) is 74.0 Å². The molecule has 4 unspecified atom stereocenters. The van der Waals surface area contributed by atoms with Gasteiger partial charge in [-0.05, 0) is 20.3 Å². The Kier molecular flexibility index (Phi) is 9.42. The van der Waals surface area contributed by atoms with Crippen LogP contribution >= 0.6 is 0 Å². The van der Waals surface area contributed by atoms with Crippen LogP contribution in [0.5, 0.6) is 0 Å². The highest BCUT2D eigenvalue weighted by Crippen LogP contribution is 2.01. The fraction of sp³-hybridized carbons (Fsp3) is 0.529. The maximum Gasteiger partial charge on any atom is 0.325 e. The normalized spacial score (nSPS) is 14.6. The van der Waals surface area contributed by atoms with Crippen molar-refractivity contribution in [2.45, 2.75) is 57.3 Å². The van der Waals surface area contributed by atoms with Gasteiger partial charge in [0.1, 0.15) is 18.1 Å². The number of hydrogen-bond donors (Lipinski definition) is 7. The van der Waals surface area contributed by atoms with Crippen molar-refractivity contribution in [2.75, 3.05) is 0 Å². The van der Waals surface area contributed by atoms with Crippen molar-refractivity contribution >= 4 is 29.7 Å². The predicted octanol–water partition coefficient (Wildman–Crippen LogP) is -2.28. The molecule has 1 heterocycles. The predicted molar refractivity (Wildman–Crippen MR) is 102 cm³/mol. The zero-order valence-electron chi connectivity index (χ0n) is 16.5. The number of carboxylic acid groups (broad SMARTS) is 2. The van der Waals surface area contributed by atoms with E-state index in [-0.39, 0.29) is 12.8 Å². The van der Waals surface area contributed by atoms with Crippen LogP contribution in [0.2, 0.25) is 0 Å². The summed E-state index contributed by atoms with van der Waals surface area (Å²) < 4.78 is 0. The smallest absolute Gasteiger partial charge is 0.325 e. The third kappa shape index (κ3) is 8.26. The van der Waals surface area contributed by atoms with Gasteiger partial charge in [-0.25, -0.2) is 4.98 Å². The second kappa shape index (κ2) is 11.5. The fourth-order valence-electron chi connectivity index (χ4n) is 2.32. The van der Waals surface area contributed by atoms with Crippen LogP contribution in [0, 0.1) is 0 Å². The molecule has 0 aromatic carbocycles. The first-order valence-electron chi connectivity index (χ1n) is 9.09. The van der Waals surface area contributed by atoms with Gasteiger partial charge in [0, 0.05) is 24.7 Å². The van der Waals surface area contributed by atoms with Gasteiger partial charge in [0.05, 0.1) is 12.4 Å². The molecule has 4 atom stereocenters. The Bertz CT molecular complexity index is 767. The van der Waals surface area contributed by atoms with E-state index in [0.717, 1.165) is 0 Å². The van der Waals surface area contributed by atoms with Crippen LogP contribution in [0.4, 0.5) is 0 Å². The Morgan fingerprint density at radius 1 is 1.03 bits per heavy atom. The minimum absolute atomic E-state index is 0.164. The van der Waals surface area contributed by atoms with E-state index in [4.69, 9.17) is 15.9 Å². The molecule has 30 heavy (non-hydrogen) atoms. The number of nitrogens with two attached hydrogens (primary N) is 1. The van der Waals surface area contributed by atoms with Gasteiger partial charge in [0.15, 0.2) is 0 Å². The van der Waals surface area contributed by atoms with Crippen molar-refractivity contribution in [1.82, 2.24) is 25.9 Å². The molecule has 1 aromatic rings. The minimum atomic E-state index is -1.30. The number of nitrogens with one attached hydrogen (secondary N) is 4. The fourth-order valence-corrected chi connectivity index (χ4v) is 2.32. The number of carboxylic acids is 2. The van der Waals surface area contributed by atoms with Gasteiger partial charge in [-0.1, -0.05) is 0 Å². The molecule has 166 valence electrons. The van der Waals surface area contributed by atoms with E-state index in [0.29, 0.717) is 5.69 Å². The first kappa shape index (κ1) is 24.6. The molecule has 8 N–H and O–H groups in total. The van der Waals surface area contributed by atoms with Crippen LogP contribution in [0.25, 0.3) is 0 Å². The van der Waals surface area contributed by atoms with E-state index in [1.807, 2.05) is 0 Å². The summed E-state index contributed by atoms with van der Waals surface area (Å²) in [5.41, 5.74) is 6.43. The maximum absolute atomic E-state index is 12.4. The van der Waals surface area contributed by atoms with Gasteiger partial charge < -0.3 is 36.9 Å². The van der Waals surface area contributed by atoms with Gasteiger partial charge >= 0.3 is 11.9 Å². The first-order chi connectivity index (χ1) is 14.0. The van der Waals surface area contributed by atoms with Crippen molar-refractivity contribution in [3.63, 3.8) is 0 Å². The molecular weight excluding hydrogens is 400 g/mol. The highest BCUT2D eigenvalue weighted by Gasteiger charge is 2.28. The van der Waals surface area contributed by atoms with Crippen LogP contribution < -0.4 is 21.7 Å². The molecule has 0 spiro atoms. The van der Waals surface area contributed by atoms with E-state index >= 15 is 0 Å². The molecule has 3 amide bonds. The number of carbonyl (C=O) groups excluding carboxylic acids is 3. The summed E-state index contributed by atoms with van der Waals surface area (Å²) >= 11 is 0. The summed E-state index contributed by atoms with van der Waals surface area (Å²) in [6.45, 7) is 2.59. The molecule has 0 aliphatic carbocycles. The van der Waals surface area contributed by atoms with E-state index < -0.39 is 60.2 Å². The second-order valence-corrected chi connectivity index (χ2v) is 6.68. The number of amides is 3. The monoisotopic (exact) mass is 426 g/mol. The summed E-state index contributed by atoms with van der Waals surface area (Å²) in [5, 5.41) is 24.6. The molecule has 1 rings (SSSR count). The molecule has 13 nitrogen and oxygen atoms in total. The van der Waals surface area contributed by atoms with Crippen LogP contribution in [-0.2, 0) is 30.4 Å². The van der Waals surface area contributed by atoms with E-state index in [2.05, 4.69) is 25.9 Å². The van der Waals surface area contributed by atoms with Gasteiger partial charge in [-0.15, -0.1) is 0 Å². The van der Waals surface area contributed by atoms with Crippen LogP contribution in [0.15, 0.2) is 12.5 Å². The average Bonchev–Trinajstić information content (AvgIpc) is 3.17. The number of aromatic amines is 1. The molecule has 0 saturated carbocycles. The number of rotatable bonds is 12. The quantitative estimate of drug-likeness (QED) is 0.191. The minimum Gasteiger partial charge on any atom is -0.481 e. The summed E-state index contributed by atoms with van der Waals surface area (Å²) in [5.74, 6) is -4.71. The lowest BCUT2D eigenvalue weighted by molar-refractivity contribution is -0.142. The van der Waals surface area contributed by atoms with E-state index in [1.54, 1.807) is 0 Å². The van der Waals surface area contributed by atoms with Crippen molar-refractivity contribution in [3.8, 4) is 0 Å². The third-order valence-corrected chi connectivity index (χ3v) is 4.09. The van der Waals surface area contributed by atoms with Crippen molar-refractivity contribution in [3.05, 3.63) is 18.2 Å². The summed E-state index contributed by atoms with van der Waals surface area (Å²) in [6.07, 6.45) is 2.41. The second-order valence-electron chi connectivity index (χ2n) is 6.68. The molecule has 0 radical (unpaired) electrons. The van der Waals surface area contributed by atoms with Gasteiger partial charge in [0.2, 0.25) is 17.7 Å². The number of carbonyl (C=O) groups is 5. The molecule has 0 fully saturated rings. The van der Waals surface area contributed by atoms with Gasteiger partial charge in [0.25, 0.3) is 0 Å². The number of aromatic nitrogens is 2. The van der Waals surface area contributed by atoms with Crippen molar-refractivity contribution < 1.29 is 34.2 Å². The first-order valence-corrected chi connectivity index (χ1v) is 9.09. The lowest BCUT2D eigenvalue weighted by Gasteiger charge is -2.22. The molecule has 0 bridgehead atoms. The van der Waals surface area contributed by atoms with E-state index in [1.165, 1.54) is 26.4 Å². The molecule has 0 aliphatic heterocycles. The maximum atomic E-state index is 12.4. The highest BCUT2D eigenvalue weighted by molar-refractivity contribution is 5.94. The van der Waals surface area contributed by atoms with Crippen molar-refractivity contribution in [1.29, 1.82) is 0 Å². The van der Waals surface area contributed by atoms with E-state index in [9.17, 15) is 24.0 Å². The number of hydrogen-bond acceptors (Lipinski definition) is 7. The number of nitrogens with zero attached hydrogens (tertiary/aromatic N) is 1. The highest BCUT2D eigenvalue weighted by atomic mass is 16.4. The molecule has 0 saturated heterocycles. The topological polar surface area (TPSA) is 217 Å². The van der Waals surface area contributed by atoms with Crippen LogP contribution in [0.1, 0.15) is 32.4 Å². The summed E-state index contributed by atoms with van der Waals surface area (Å²) in [4.78, 5) is 65.1. The lowest BCUT2D eigenvalue weighted by Crippen LogP contribution is -2.56. The summed E-state index contributed by atoms with van der Waals surface area (Å²) in [7, 11) is 0. The third-order valence-electron chi connectivity index (χ3n) is 4.09. The lowest BCUT2D eigenvalue weighted by atomic mass is 10.1. The zero-order valence-corrected chi connectivity index (χ0v) is 16.5. The Hall–Kier alpha value is -3.48. The Morgan fingerprint density at radius 3 is 2.20 bits per heavy atom. The average molecular weight is 426 g/mol. The Morgan fingerprint density at radius 2 is 1.67 bits per heavy atom. The largest absolute Gasteiger partial charge is 0.481 e. The van der Waals surface area contributed by atoms with Gasteiger partial charge in [-0.3, -0.25) is 24.0 Å². The van der Waals surface area contributed by atoms with Crippen molar-refractivity contribution in [2.24, 2.45) is 5.73 Å². The standard InChI is InChI=1S/C17H26N6O7/c1-8(21-15(27)11(18)5-10-6-19-7-20-10)14(26)23-12(3-4-13(24)25)16(28)22-9(2)17(29)30/h6-9,11-12H,3-5,18H2,1-2H3,(H,19,20)(H,21,27)(H,22,28)(H,23,26)(H,24,25)(H,29,30). The Balaban J connectivity index is 2.68. The number of H-pyrrole nitrogens is 1. The number of aliphatic carboxylic acids is 2. The number of imidazole rings is 1. The zero-order chi connectivity index (χ0) is 22.8. The SMILES string of the molecule is CC(NC(=O)C(CCC(=O)O)NC(=O)C(C)NC(=O)C(N)Cc1cnc[nH]1)C(=O)O. The molecular formula is C17H26N6O7. The summed E-state index contributed by atoms with van der Waals surface area (Å²) in [6, 6.07) is -4.57. The molecule has 1 aromatic heterocycles. The Labute approximate surface area is 171 Å².